The molecule has 0 bridgehead atoms. The van der Waals surface area contributed by atoms with Crippen molar-refractivity contribution < 1.29 is 9.90 Å². The minimum atomic E-state index is -0.867. The van der Waals surface area contributed by atoms with Gasteiger partial charge < -0.3 is 15.4 Å². The molecule has 0 saturated carbocycles. The molecule has 146 valence electrons. The maximum atomic E-state index is 11.3. The highest BCUT2D eigenvalue weighted by atomic mass is 35.5. The van der Waals surface area contributed by atoms with Gasteiger partial charge in [0.05, 0.1) is 4.88 Å². The van der Waals surface area contributed by atoms with Crippen LogP contribution in [0.2, 0.25) is 5.02 Å². The van der Waals surface area contributed by atoms with Crippen LogP contribution >= 0.6 is 22.9 Å². The summed E-state index contributed by atoms with van der Waals surface area (Å²) >= 11 is 7.43. The van der Waals surface area contributed by atoms with Crippen molar-refractivity contribution in [1.29, 1.82) is 0 Å². The molecule has 0 spiro atoms. The summed E-state index contributed by atoms with van der Waals surface area (Å²) in [5, 5.41) is 22.3. The molecular formula is C20H16ClN5O2S. The highest BCUT2D eigenvalue weighted by Crippen LogP contribution is 2.41. The number of aliphatic hydroxyl groups is 1. The van der Waals surface area contributed by atoms with Gasteiger partial charge in [0, 0.05) is 28.6 Å². The fourth-order valence-corrected chi connectivity index (χ4v) is 4.17. The van der Waals surface area contributed by atoms with Gasteiger partial charge in [0.15, 0.2) is 5.82 Å². The molecule has 3 N–H and O–H groups in total. The Hall–Kier alpha value is -3.07. The Labute approximate surface area is 175 Å². The third-order valence-electron chi connectivity index (χ3n) is 4.22. The first kappa shape index (κ1) is 19.3. The molecular weight excluding hydrogens is 410 g/mol. The molecule has 4 aromatic rings. The second kappa shape index (κ2) is 8.12. The summed E-state index contributed by atoms with van der Waals surface area (Å²) in [7, 11) is 0. The number of aromatic nitrogens is 4. The average molecular weight is 426 g/mol. The molecule has 1 aromatic carbocycles. The summed E-state index contributed by atoms with van der Waals surface area (Å²) in [5.74, 6) is 0.840. The quantitative estimate of drug-likeness (QED) is 0.442. The zero-order chi connectivity index (χ0) is 20.4. The number of benzene rings is 1. The summed E-state index contributed by atoms with van der Waals surface area (Å²) in [6.45, 7) is 1.43. The van der Waals surface area contributed by atoms with E-state index in [-0.39, 0.29) is 5.91 Å². The van der Waals surface area contributed by atoms with Gasteiger partial charge in [-0.15, -0.1) is 21.5 Å². The van der Waals surface area contributed by atoms with E-state index >= 15 is 0 Å². The smallest absolute Gasteiger partial charge is 0.222 e. The first-order valence-corrected chi connectivity index (χ1v) is 9.88. The van der Waals surface area contributed by atoms with Crippen molar-refractivity contribution in [3.63, 3.8) is 0 Å². The summed E-state index contributed by atoms with van der Waals surface area (Å²) in [4.78, 5) is 20.2. The lowest BCUT2D eigenvalue weighted by Gasteiger charge is -2.11. The molecule has 0 aliphatic carbocycles. The largest absolute Gasteiger partial charge is 0.384 e. The summed E-state index contributed by atoms with van der Waals surface area (Å²) in [6.07, 6.45) is 2.26. The Morgan fingerprint density at radius 3 is 2.72 bits per heavy atom. The van der Waals surface area contributed by atoms with Crippen molar-refractivity contribution in [2.75, 3.05) is 5.32 Å². The van der Waals surface area contributed by atoms with Crippen LogP contribution in [0.5, 0.6) is 0 Å². The maximum absolute atomic E-state index is 11.3. The Kier molecular flexibility index (Phi) is 5.39. The predicted molar refractivity (Wildman–Crippen MR) is 113 cm³/mol. The SMILES string of the molecule is CC(=O)Nc1cc(-c2cc(C(O)c3ccc(Cl)cc3)c(-c3nnc[nH]3)s2)ccn1. The topological polar surface area (TPSA) is 104 Å². The van der Waals surface area contributed by atoms with Gasteiger partial charge in [0.25, 0.3) is 0 Å². The third kappa shape index (κ3) is 4.19. The van der Waals surface area contributed by atoms with Crippen LogP contribution in [-0.2, 0) is 4.79 Å². The molecule has 1 amide bonds. The maximum Gasteiger partial charge on any atom is 0.222 e. The Morgan fingerprint density at radius 2 is 2.03 bits per heavy atom. The number of rotatable bonds is 5. The molecule has 0 aliphatic rings. The fraction of sp³-hybridized carbons (Fsp3) is 0.100. The van der Waals surface area contributed by atoms with Crippen molar-refractivity contribution in [3.05, 3.63) is 71.1 Å². The molecule has 1 atom stereocenters. The van der Waals surface area contributed by atoms with Gasteiger partial charge in [-0.05, 0) is 41.5 Å². The van der Waals surface area contributed by atoms with Crippen LogP contribution in [0.4, 0.5) is 5.82 Å². The number of hydrogen-bond acceptors (Lipinski definition) is 6. The van der Waals surface area contributed by atoms with Gasteiger partial charge in [0.2, 0.25) is 5.91 Å². The standard InChI is InChI=1S/C20H16ClN5O2S/c1-11(27)25-17-8-13(6-7-22-17)16-9-15(19(29-16)20-23-10-24-26-20)18(28)12-2-4-14(21)5-3-12/h2-10,18,28H,1H3,(H,22,25,27)(H,23,24,26). The van der Waals surface area contributed by atoms with Crippen molar-refractivity contribution in [2.24, 2.45) is 0 Å². The lowest BCUT2D eigenvalue weighted by Crippen LogP contribution is -2.07. The number of hydrogen-bond donors (Lipinski definition) is 3. The van der Waals surface area contributed by atoms with Crippen LogP contribution in [0.1, 0.15) is 24.2 Å². The van der Waals surface area contributed by atoms with Crippen LogP contribution in [0.15, 0.2) is 55.0 Å². The van der Waals surface area contributed by atoms with Gasteiger partial charge in [-0.25, -0.2) is 4.98 Å². The normalized spacial score (nSPS) is 12.0. The molecule has 1 unspecified atom stereocenters. The number of nitrogens with zero attached hydrogens (tertiary/aromatic N) is 3. The van der Waals surface area contributed by atoms with E-state index in [4.69, 9.17) is 11.6 Å². The molecule has 7 nitrogen and oxygen atoms in total. The van der Waals surface area contributed by atoms with E-state index in [0.717, 1.165) is 15.3 Å². The van der Waals surface area contributed by atoms with E-state index in [1.54, 1.807) is 36.5 Å². The van der Waals surface area contributed by atoms with E-state index in [1.807, 2.05) is 12.1 Å². The molecule has 29 heavy (non-hydrogen) atoms. The Bertz CT molecular complexity index is 1140. The first-order chi connectivity index (χ1) is 14.0. The second-order valence-corrected chi connectivity index (χ2v) is 7.79. The van der Waals surface area contributed by atoms with Crippen molar-refractivity contribution in [2.45, 2.75) is 13.0 Å². The number of amides is 1. The van der Waals surface area contributed by atoms with Crippen LogP contribution in [0.3, 0.4) is 0 Å². The highest BCUT2D eigenvalue weighted by Gasteiger charge is 2.22. The third-order valence-corrected chi connectivity index (χ3v) is 5.68. The molecule has 9 heteroatoms. The number of H-pyrrole nitrogens is 1. The van der Waals surface area contributed by atoms with Crippen molar-refractivity contribution >= 4 is 34.7 Å². The van der Waals surface area contributed by atoms with E-state index in [2.05, 4.69) is 25.5 Å². The lowest BCUT2D eigenvalue weighted by atomic mass is 10.0. The number of carbonyl (C=O) groups excluding carboxylic acids is 1. The monoisotopic (exact) mass is 425 g/mol. The van der Waals surface area contributed by atoms with Crippen molar-refractivity contribution in [1.82, 2.24) is 20.2 Å². The van der Waals surface area contributed by atoms with Gasteiger partial charge in [0.1, 0.15) is 18.2 Å². The number of carbonyl (C=O) groups is 1. The number of nitrogens with one attached hydrogen (secondary N) is 2. The summed E-state index contributed by atoms with van der Waals surface area (Å²) < 4.78 is 0. The summed E-state index contributed by atoms with van der Waals surface area (Å²) in [5.41, 5.74) is 2.28. The number of anilines is 1. The zero-order valence-electron chi connectivity index (χ0n) is 15.3. The van der Waals surface area contributed by atoms with Crippen LogP contribution in [0, 0.1) is 0 Å². The Balaban J connectivity index is 1.78. The molecule has 0 aliphatic heterocycles. The first-order valence-electron chi connectivity index (χ1n) is 8.69. The van der Waals surface area contributed by atoms with Gasteiger partial charge >= 0.3 is 0 Å². The van der Waals surface area contributed by atoms with Gasteiger partial charge in [-0.3, -0.25) is 4.79 Å². The highest BCUT2D eigenvalue weighted by molar-refractivity contribution is 7.19. The predicted octanol–water partition coefficient (Wildman–Crippen LogP) is 4.29. The van der Waals surface area contributed by atoms with E-state index < -0.39 is 6.10 Å². The molecule has 0 fully saturated rings. The molecule has 0 radical (unpaired) electrons. The van der Waals surface area contributed by atoms with Gasteiger partial charge in [-0.1, -0.05) is 23.7 Å². The average Bonchev–Trinajstić information content (AvgIpc) is 3.37. The summed E-state index contributed by atoms with van der Waals surface area (Å²) in [6, 6.07) is 12.6. The number of thiophene rings is 1. The van der Waals surface area contributed by atoms with Crippen LogP contribution < -0.4 is 5.32 Å². The minimum absolute atomic E-state index is 0.193. The van der Waals surface area contributed by atoms with E-state index in [9.17, 15) is 9.90 Å². The number of aromatic amines is 1. The second-order valence-electron chi connectivity index (χ2n) is 6.30. The fourth-order valence-electron chi connectivity index (χ4n) is 2.91. The van der Waals surface area contributed by atoms with E-state index in [0.29, 0.717) is 27.8 Å². The number of pyridine rings is 1. The van der Waals surface area contributed by atoms with Crippen LogP contribution in [0.25, 0.3) is 21.1 Å². The molecule has 3 aromatic heterocycles. The van der Waals surface area contributed by atoms with Crippen LogP contribution in [-0.4, -0.2) is 31.2 Å². The van der Waals surface area contributed by atoms with Crippen molar-refractivity contribution in [3.8, 4) is 21.1 Å². The Morgan fingerprint density at radius 1 is 1.24 bits per heavy atom. The molecule has 0 saturated heterocycles. The number of halogens is 1. The van der Waals surface area contributed by atoms with E-state index in [1.165, 1.54) is 24.6 Å². The van der Waals surface area contributed by atoms with Gasteiger partial charge in [-0.2, -0.15) is 0 Å². The molecule has 3 heterocycles. The minimum Gasteiger partial charge on any atom is -0.384 e. The molecule has 4 rings (SSSR count). The number of aliphatic hydroxyl groups excluding tert-OH is 1. The zero-order valence-corrected chi connectivity index (χ0v) is 16.8. The lowest BCUT2D eigenvalue weighted by molar-refractivity contribution is -0.114.